The Morgan fingerprint density at radius 3 is 1.60 bits per heavy atom. The summed E-state index contributed by atoms with van der Waals surface area (Å²) in [5.74, 6) is 0. The molecule has 0 aromatic carbocycles. The molecule has 0 aliphatic heterocycles. The van der Waals surface area contributed by atoms with Crippen LogP contribution in [0.5, 0.6) is 0 Å². The predicted octanol–water partition coefficient (Wildman–Crippen LogP) is -5.45. The molecule has 26 valence electrons. The van der Waals surface area contributed by atoms with Crippen molar-refractivity contribution in [2.45, 2.75) is 0 Å². The van der Waals surface area contributed by atoms with Crippen LogP contribution in [0.25, 0.3) is 0 Å². The third-order valence-corrected chi connectivity index (χ3v) is 0. The minimum Gasteiger partial charge on any atom is -0.554 e. The van der Waals surface area contributed by atoms with Crippen LogP contribution in [0.4, 0.5) is 0 Å². The fourth-order valence-electron chi connectivity index (χ4n) is 0. The van der Waals surface area contributed by atoms with Gasteiger partial charge in [0.1, 0.15) is 0 Å². The second-order valence-electron chi connectivity index (χ2n) is 0.0962. The van der Waals surface area contributed by atoms with Crippen molar-refractivity contribution in [1.29, 1.82) is 0 Å². The largest absolute Gasteiger partial charge is 1.00 e. The molecule has 0 unspecified atom stereocenters. The molecule has 0 heterocycles. The second kappa shape index (κ2) is 19.6. The number of hydrogen-bond donors (Lipinski definition) is 0. The van der Waals surface area contributed by atoms with Crippen LogP contribution in [-0.2, 0) is 4.79 Å². The maximum absolute atomic E-state index is 8.25. The number of carbonyl (C=O) groups excluding carboxylic acids is 1. The van der Waals surface area contributed by atoms with Crippen molar-refractivity contribution in [3.8, 4) is 0 Å². The van der Waals surface area contributed by atoms with E-state index in [0.29, 0.717) is 0 Å². The van der Waals surface area contributed by atoms with Crippen LogP contribution in [0.1, 0.15) is 0 Å². The summed E-state index contributed by atoms with van der Waals surface area (Å²) in [7, 11) is 0. The van der Waals surface area contributed by atoms with E-state index in [9.17, 15) is 0 Å². The normalized spacial score (nSPS) is 2.40. The second-order valence-corrected chi connectivity index (χ2v) is 0.0962. The first-order valence-corrected chi connectivity index (χ1v) is 0.471. The van der Waals surface area contributed by atoms with Crippen molar-refractivity contribution >= 4 is 6.47 Å². The van der Waals surface area contributed by atoms with Crippen LogP contribution in [0.2, 0.25) is 0 Å². The van der Waals surface area contributed by atoms with Crippen LogP contribution in [-0.4, -0.2) is 11.9 Å². The standard InChI is InChI=1S/CH2O2.K.H2O/c2-1-3;;/h1H,(H,2,3);;1H2/q;+1;/p-1. The van der Waals surface area contributed by atoms with E-state index in [4.69, 9.17) is 9.90 Å². The Kier molecular flexibility index (Phi) is 65.0. The number of carbonyl (C=O) groups is 1. The molecule has 0 aromatic heterocycles. The van der Waals surface area contributed by atoms with Crippen molar-refractivity contribution in [3.05, 3.63) is 0 Å². The molecular formula is CH3KO3. The van der Waals surface area contributed by atoms with E-state index in [1.54, 1.807) is 0 Å². The third-order valence-electron chi connectivity index (χ3n) is 0. The molecule has 0 aromatic rings. The Labute approximate surface area is 72.1 Å². The van der Waals surface area contributed by atoms with Crippen molar-refractivity contribution in [1.82, 2.24) is 0 Å². The fraction of sp³-hybridized carbons (Fsp3) is 0. The van der Waals surface area contributed by atoms with Gasteiger partial charge in [0.2, 0.25) is 0 Å². The topological polar surface area (TPSA) is 71.6 Å². The summed E-state index contributed by atoms with van der Waals surface area (Å²) in [6.45, 7) is -0.500. The van der Waals surface area contributed by atoms with E-state index in [-0.39, 0.29) is 56.9 Å². The van der Waals surface area contributed by atoms with Gasteiger partial charge in [0.15, 0.2) is 0 Å². The first kappa shape index (κ1) is 16.6. The summed E-state index contributed by atoms with van der Waals surface area (Å²) in [5, 5.41) is 8.25. The molecule has 0 saturated carbocycles. The van der Waals surface area contributed by atoms with Crippen molar-refractivity contribution in [2.24, 2.45) is 0 Å². The monoisotopic (exact) mass is 102 g/mol. The van der Waals surface area contributed by atoms with Gasteiger partial charge in [0.05, 0.1) is 0 Å². The molecule has 0 fully saturated rings. The summed E-state index contributed by atoms with van der Waals surface area (Å²) in [6, 6.07) is 0. The number of carboxylic acid groups (broad SMARTS) is 1. The van der Waals surface area contributed by atoms with Crippen molar-refractivity contribution in [3.63, 3.8) is 0 Å². The molecule has 4 heteroatoms. The van der Waals surface area contributed by atoms with E-state index in [1.807, 2.05) is 0 Å². The van der Waals surface area contributed by atoms with Crippen LogP contribution in [0.3, 0.4) is 0 Å². The van der Waals surface area contributed by atoms with E-state index in [2.05, 4.69) is 0 Å². The van der Waals surface area contributed by atoms with Crippen molar-refractivity contribution < 1.29 is 66.8 Å². The van der Waals surface area contributed by atoms with Gasteiger partial charge in [-0.1, -0.05) is 0 Å². The SMILES string of the molecule is O.O=C[O-].[K+]. The average molecular weight is 102 g/mol. The molecule has 0 radical (unpaired) electrons. The van der Waals surface area contributed by atoms with Crippen LogP contribution < -0.4 is 56.5 Å². The molecule has 2 N–H and O–H groups in total. The van der Waals surface area contributed by atoms with Gasteiger partial charge < -0.3 is 15.4 Å². The molecule has 0 amide bonds. The van der Waals surface area contributed by atoms with E-state index in [0.717, 1.165) is 0 Å². The third kappa shape index (κ3) is 41.9. The number of rotatable bonds is 0. The molecule has 0 spiro atoms. The van der Waals surface area contributed by atoms with E-state index < -0.39 is 6.47 Å². The first-order valence-electron chi connectivity index (χ1n) is 0.471. The molecule has 0 atom stereocenters. The quantitative estimate of drug-likeness (QED) is 0.226. The predicted molar refractivity (Wildman–Crippen MR) is 9.68 cm³/mol. The average Bonchev–Trinajstić information content (AvgIpc) is 0.918. The van der Waals surface area contributed by atoms with E-state index in [1.165, 1.54) is 0 Å². The zero-order chi connectivity index (χ0) is 2.71. The fourth-order valence-corrected chi connectivity index (χ4v) is 0. The summed E-state index contributed by atoms with van der Waals surface area (Å²) >= 11 is 0. The summed E-state index contributed by atoms with van der Waals surface area (Å²) < 4.78 is 0. The molecule has 0 aliphatic rings. The zero-order valence-corrected chi connectivity index (χ0v) is 6.02. The Hall–Kier alpha value is 1.07. The first-order chi connectivity index (χ1) is 1.41. The minimum absolute atomic E-state index is 0. The van der Waals surface area contributed by atoms with Crippen LogP contribution >= 0.6 is 0 Å². The Morgan fingerprint density at radius 1 is 1.60 bits per heavy atom. The zero-order valence-electron chi connectivity index (χ0n) is 2.89. The Balaban J connectivity index is -0.0000000200. The van der Waals surface area contributed by atoms with Gasteiger partial charge in [-0.05, 0) is 0 Å². The van der Waals surface area contributed by atoms with E-state index >= 15 is 0 Å². The molecule has 0 saturated heterocycles. The number of hydrogen-bond acceptors (Lipinski definition) is 2. The van der Waals surface area contributed by atoms with Gasteiger partial charge in [0, 0.05) is 6.47 Å². The molecule has 5 heavy (non-hydrogen) atoms. The van der Waals surface area contributed by atoms with Gasteiger partial charge in [-0.2, -0.15) is 0 Å². The Bertz CT molecular complexity index is 14.4. The maximum atomic E-state index is 8.25. The molecule has 0 rings (SSSR count). The van der Waals surface area contributed by atoms with Gasteiger partial charge >= 0.3 is 51.4 Å². The Morgan fingerprint density at radius 2 is 1.60 bits per heavy atom. The molecule has 0 bridgehead atoms. The van der Waals surface area contributed by atoms with Crippen molar-refractivity contribution in [2.75, 3.05) is 0 Å². The maximum Gasteiger partial charge on any atom is 1.00 e. The summed E-state index contributed by atoms with van der Waals surface area (Å²) in [5.41, 5.74) is 0. The summed E-state index contributed by atoms with van der Waals surface area (Å²) in [4.78, 5) is 8.25. The molecular weight excluding hydrogens is 99.1 g/mol. The molecule has 0 aliphatic carbocycles. The molecule has 3 nitrogen and oxygen atoms in total. The smallest absolute Gasteiger partial charge is 0.554 e. The van der Waals surface area contributed by atoms with Crippen LogP contribution in [0.15, 0.2) is 0 Å². The van der Waals surface area contributed by atoms with Gasteiger partial charge in [0.25, 0.3) is 0 Å². The van der Waals surface area contributed by atoms with Gasteiger partial charge in [-0.3, -0.25) is 0 Å². The summed E-state index contributed by atoms with van der Waals surface area (Å²) in [6.07, 6.45) is 0. The minimum atomic E-state index is -0.500. The van der Waals surface area contributed by atoms with Gasteiger partial charge in [-0.15, -0.1) is 0 Å². The van der Waals surface area contributed by atoms with Crippen LogP contribution in [0, 0.1) is 0 Å². The van der Waals surface area contributed by atoms with Gasteiger partial charge in [-0.25, -0.2) is 0 Å².